The molecule has 0 saturated heterocycles. The molecule has 0 unspecified atom stereocenters. The summed E-state index contributed by atoms with van der Waals surface area (Å²) in [5.74, 6) is 0. The highest BCUT2D eigenvalue weighted by Gasteiger charge is 1.98. The Hall–Kier alpha value is -1.92. The van der Waals surface area contributed by atoms with Crippen LogP contribution in [0.3, 0.4) is 0 Å². The van der Waals surface area contributed by atoms with E-state index in [-0.39, 0.29) is 10.2 Å². The smallest absolute Gasteiger partial charge is 0.266 e. The summed E-state index contributed by atoms with van der Waals surface area (Å²) in [6, 6.07) is 7.00. The van der Waals surface area contributed by atoms with Crippen LogP contribution in [-0.4, -0.2) is 9.49 Å². The Balaban J connectivity index is 2.65. The van der Waals surface area contributed by atoms with E-state index in [0.29, 0.717) is 9.55 Å². The molecule has 2 aromatic rings. The van der Waals surface area contributed by atoms with Crippen LogP contribution in [0.2, 0.25) is 5.02 Å². The summed E-state index contributed by atoms with van der Waals surface area (Å²) in [5, 5.41) is 11.0. The first-order valence-corrected chi connectivity index (χ1v) is 6.38. The number of halogens is 1. The third-order valence-electron chi connectivity index (χ3n) is 2.36. The van der Waals surface area contributed by atoms with Gasteiger partial charge in [-0.05, 0) is 28.4 Å². The third kappa shape index (κ3) is 3.10. The Kier molecular flexibility index (Phi) is 3.82. The Morgan fingerprint density at radius 2 is 2.26 bits per heavy atom. The first kappa shape index (κ1) is 13.5. The van der Waals surface area contributed by atoms with Gasteiger partial charge in [-0.25, -0.2) is 0 Å². The molecule has 7 heteroatoms. The van der Waals surface area contributed by atoms with E-state index in [1.165, 1.54) is 11.6 Å². The molecular formula is C12H8ClN2O3S-. The molecule has 0 aliphatic heterocycles. The summed E-state index contributed by atoms with van der Waals surface area (Å²) in [5.41, 5.74) is 0.466. The van der Waals surface area contributed by atoms with Crippen molar-refractivity contribution in [3.05, 3.63) is 64.5 Å². The molecule has 1 aromatic carbocycles. The molecule has 0 aliphatic rings. The van der Waals surface area contributed by atoms with Gasteiger partial charge in [-0.2, -0.15) is 0 Å². The van der Waals surface area contributed by atoms with Crippen molar-refractivity contribution in [2.45, 2.75) is 0 Å². The third-order valence-corrected chi connectivity index (χ3v) is 3.67. The minimum atomic E-state index is -0.700. The fourth-order valence-corrected chi connectivity index (χ4v) is 2.65. The van der Waals surface area contributed by atoms with E-state index in [9.17, 15) is 14.9 Å². The van der Waals surface area contributed by atoms with Gasteiger partial charge >= 0.3 is 0 Å². The number of nitrogens with zero attached hydrogens (tertiary/aromatic N) is 2. The average Bonchev–Trinajstić information content (AvgIpc) is 2.57. The lowest BCUT2D eigenvalue weighted by molar-refractivity contribution is -0.363. The van der Waals surface area contributed by atoms with Gasteiger partial charge in [0.15, 0.2) is 0 Å². The van der Waals surface area contributed by atoms with E-state index < -0.39 is 4.92 Å². The Morgan fingerprint density at radius 1 is 1.53 bits per heavy atom. The molecule has 0 fully saturated rings. The number of hydrogen-bond donors (Lipinski definition) is 0. The molecule has 0 saturated carbocycles. The molecule has 0 bridgehead atoms. The largest absolute Gasteiger partial charge is 0.330 e. The normalized spacial score (nSPS) is 12.9. The molecule has 5 nitrogen and oxygen atoms in total. The molecule has 98 valence electrons. The number of thiazole rings is 1. The van der Waals surface area contributed by atoms with Gasteiger partial charge in [0.05, 0.1) is 4.53 Å². The topological polar surface area (TPSA) is 65.1 Å². The van der Waals surface area contributed by atoms with Crippen LogP contribution in [0.5, 0.6) is 0 Å². The number of benzene rings is 1. The summed E-state index contributed by atoms with van der Waals surface area (Å²) >= 11 is 6.87. The SMILES string of the molecule is Cn1c(=[C-][N+](=O)[O-])s/c(=C/c2cccc(Cl)c2)c1=O. The quantitative estimate of drug-likeness (QED) is 0.357. The van der Waals surface area contributed by atoms with Gasteiger partial charge in [0.1, 0.15) is 0 Å². The lowest BCUT2D eigenvalue weighted by atomic mass is 10.2. The van der Waals surface area contributed by atoms with E-state index >= 15 is 0 Å². The molecule has 1 heterocycles. The second-order valence-electron chi connectivity index (χ2n) is 3.70. The predicted molar refractivity (Wildman–Crippen MR) is 74.2 cm³/mol. The Labute approximate surface area is 116 Å². The lowest BCUT2D eigenvalue weighted by Gasteiger charge is -1.94. The molecule has 19 heavy (non-hydrogen) atoms. The van der Waals surface area contributed by atoms with Gasteiger partial charge in [-0.1, -0.05) is 29.9 Å². The zero-order valence-electron chi connectivity index (χ0n) is 9.79. The number of aromatic nitrogens is 1. The van der Waals surface area contributed by atoms with Crippen LogP contribution in [0.15, 0.2) is 29.1 Å². The average molecular weight is 296 g/mol. The standard InChI is InChI=1S/C12H8ClN2O3S/c1-14-11(7-15(17)18)19-10(12(14)16)6-8-3-2-4-9(13)5-8/h2-6H,1H3/q-1/b10-6+. The fraction of sp³-hybridized carbons (Fsp3) is 0.0833. The van der Waals surface area contributed by atoms with Crippen LogP contribution in [0.25, 0.3) is 12.3 Å². The van der Waals surface area contributed by atoms with Crippen molar-refractivity contribution in [1.29, 1.82) is 0 Å². The minimum absolute atomic E-state index is 0.170. The Morgan fingerprint density at radius 3 is 2.89 bits per heavy atom. The molecule has 1 aromatic heterocycles. The molecule has 0 amide bonds. The number of nitro groups is 1. The van der Waals surface area contributed by atoms with E-state index in [4.69, 9.17) is 11.6 Å². The first-order chi connectivity index (χ1) is 8.97. The van der Waals surface area contributed by atoms with Crippen molar-refractivity contribution < 1.29 is 4.92 Å². The minimum Gasteiger partial charge on any atom is -0.330 e. The zero-order chi connectivity index (χ0) is 14.0. The molecule has 0 radical (unpaired) electrons. The van der Waals surface area contributed by atoms with Crippen molar-refractivity contribution in [3.8, 4) is 0 Å². The van der Waals surface area contributed by atoms with E-state index in [2.05, 4.69) is 0 Å². The number of rotatable bonds is 2. The fourth-order valence-electron chi connectivity index (χ4n) is 1.49. The molecule has 0 atom stereocenters. The van der Waals surface area contributed by atoms with Crippen LogP contribution in [0, 0.1) is 10.1 Å². The van der Waals surface area contributed by atoms with Gasteiger partial charge in [-0.3, -0.25) is 14.9 Å². The van der Waals surface area contributed by atoms with Crippen molar-refractivity contribution in [1.82, 2.24) is 4.57 Å². The second-order valence-corrected chi connectivity index (χ2v) is 5.17. The van der Waals surface area contributed by atoms with Crippen LogP contribution in [0.4, 0.5) is 0 Å². The molecular weight excluding hydrogens is 288 g/mol. The predicted octanol–water partition coefficient (Wildman–Crippen LogP) is 0.821. The van der Waals surface area contributed by atoms with Crippen molar-refractivity contribution >= 4 is 35.2 Å². The Bertz CT molecular complexity index is 807. The maximum absolute atomic E-state index is 11.9. The van der Waals surface area contributed by atoms with Crippen molar-refractivity contribution in [2.24, 2.45) is 7.05 Å². The van der Waals surface area contributed by atoms with Crippen molar-refractivity contribution in [2.75, 3.05) is 0 Å². The van der Waals surface area contributed by atoms with Crippen LogP contribution in [0.1, 0.15) is 5.56 Å². The summed E-state index contributed by atoms with van der Waals surface area (Å²) in [6.45, 7) is 0. The van der Waals surface area contributed by atoms with Gasteiger partial charge < -0.3 is 4.57 Å². The van der Waals surface area contributed by atoms with Gasteiger partial charge in [0.2, 0.25) is 0 Å². The van der Waals surface area contributed by atoms with Gasteiger partial charge in [-0.15, -0.1) is 16.3 Å². The highest BCUT2D eigenvalue weighted by atomic mass is 35.5. The molecule has 2 rings (SSSR count). The molecule has 0 aliphatic carbocycles. The molecule has 0 spiro atoms. The number of hydrogen-bond acceptors (Lipinski definition) is 4. The monoisotopic (exact) mass is 295 g/mol. The van der Waals surface area contributed by atoms with E-state index in [1.807, 2.05) is 6.20 Å². The van der Waals surface area contributed by atoms with E-state index in [0.717, 1.165) is 16.9 Å². The summed E-state index contributed by atoms with van der Waals surface area (Å²) < 4.78 is 1.77. The van der Waals surface area contributed by atoms with E-state index in [1.54, 1.807) is 30.3 Å². The zero-order valence-corrected chi connectivity index (χ0v) is 11.4. The summed E-state index contributed by atoms with van der Waals surface area (Å²) in [4.78, 5) is 21.6. The highest BCUT2D eigenvalue weighted by Crippen LogP contribution is 2.10. The van der Waals surface area contributed by atoms with Crippen molar-refractivity contribution in [3.63, 3.8) is 0 Å². The second kappa shape index (κ2) is 5.38. The van der Waals surface area contributed by atoms with Gasteiger partial charge in [0, 0.05) is 12.1 Å². The van der Waals surface area contributed by atoms with Crippen LogP contribution < -0.4 is 14.8 Å². The van der Waals surface area contributed by atoms with Crippen LogP contribution >= 0.6 is 22.9 Å². The maximum Gasteiger partial charge on any atom is 0.266 e. The first-order valence-electron chi connectivity index (χ1n) is 5.18. The summed E-state index contributed by atoms with van der Waals surface area (Å²) in [7, 11) is 1.47. The maximum atomic E-state index is 11.9. The highest BCUT2D eigenvalue weighted by molar-refractivity contribution is 7.07. The summed E-state index contributed by atoms with van der Waals surface area (Å²) in [6.07, 6.45) is 3.63. The molecule has 0 N–H and O–H groups in total. The van der Waals surface area contributed by atoms with Crippen LogP contribution in [-0.2, 0) is 7.05 Å². The lowest BCUT2D eigenvalue weighted by Crippen LogP contribution is -2.29. The van der Waals surface area contributed by atoms with Gasteiger partial charge in [0.25, 0.3) is 5.56 Å².